The minimum atomic E-state index is -2.85. The molecular formula is C43H68N2O4S. The van der Waals surface area contributed by atoms with Crippen LogP contribution in [-0.2, 0) is 19.4 Å². The molecule has 7 rings (SSSR count). The van der Waals surface area contributed by atoms with E-state index in [4.69, 9.17) is 4.74 Å². The molecule has 280 valence electrons. The van der Waals surface area contributed by atoms with E-state index in [1.54, 1.807) is 0 Å². The number of hydrogen-bond donors (Lipinski definition) is 1. The average Bonchev–Trinajstić information content (AvgIpc) is 3.68. The molecule has 7 aliphatic rings. The molecule has 0 aromatic heterocycles. The van der Waals surface area contributed by atoms with E-state index >= 15 is 0 Å². The number of rotatable bonds is 8. The molecular weight excluding hydrogens is 641 g/mol. The van der Waals surface area contributed by atoms with Crippen LogP contribution in [0.3, 0.4) is 0 Å². The first-order valence-electron chi connectivity index (χ1n) is 20.4. The first-order chi connectivity index (χ1) is 23.5. The standard InChI is InChI=1S/C43H68N2O4S/c1-9-49-38(46)31-11-10-30(28-31)33-15-17-40(6)35(39(33,4)5)16-18-42(8)36(40)13-12-34-37-32(29(2)3)14-19-43(37,21-20-41(34,42)7)44-22-23-45-24-26-50(47,48)27-25-45/h10,15,31-32,34-37,44H,2,9,11-14,16-28H2,1,3-8H3/t31?,32-,34+,35-,36+,37+,40-,41+,42+,43-/m0/s1. The van der Waals surface area contributed by atoms with Crippen molar-refractivity contribution in [2.45, 2.75) is 125 Å². The highest BCUT2D eigenvalue weighted by Crippen LogP contribution is 2.76. The summed E-state index contributed by atoms with van der Waals surface area (Å²) in [4.78, 5) is 15.0. The minimum absolute atomic E-state index is 0.0186. The van der Waals surface area contributed by atoms with Crippen LogP contribution in [0.25, 0.3) is 0 Å². The lowest BCUT2D eigenvalue weighted by Crippen LogP contribution is -2.68. The first-order valence-corrected chi connectivity index (χ1v) is 22.2. The predicted octanol–water partition coefficient (Wildman–Crippen LogP) is 8.15. The summed E-state index contributed by atoms with van der Waals surface area (Å²) in [5.74, 6) is 3.81. The number of nitrogens with one attached hydrogen (secondary N) is 1. The highest BCUT2D eigenvalue weighted by molar-refractivity contribution is 7.91. The van der Waals surface area contributed by atoms with E-state index in [-0.39, 0.29) is 28.3 Å². The van der Waals surface area contributed by atoms with E-state index in [1.165, 1.54) is 68.1 Å². The minimum Gasteiger partial charge on any atom is -0.466 e. The lowest BCUT2D eigenvalue weighted by molar-refractivity contribution is -0.221. The summed E-state index contributed by atoms with van der Waals surface area (Å²) in [5.41, 5.74) is 5.43. The number of allylic oxidation sites excluding steroid dienone is 5. The normalized spacial score (nSPS) is 44.9. The van der Waals surface area contributed by atoms with Crippen molar-refractivity contribution in [3.63, 3.8) is 0 Å². The van der Waals surface area contributed by atoms with Gasteiger partial charge in [-0.15, -0.1) is 0 Å². The van der Waals surface area contributed by atoms with Crippen LogP contribution in [0, 0.1) is 57.2 Å². The fourth-order valence-corrected chi connectivity index (χ4v) is 15.7. The van der Waals surface area contributed by atoms with Gasteiger partial charge in [0.05, 0.1) is 24.0 Å². The molecule has 1 saturated heterocycles. The van der Waals surface area contributed by atoms with Gasteiger partial charge in [0.1, 0.15) is 0 Å². The van der Waals surface area contributed by atoms with Gasteiger partial charge in [0.15, 0.2) is 9.84 Å². The number of fused-ring (bicyclic) bond motifs is 7. The zero-order valence-corrected chi connectivity index (χ0v) is 33.4. The SMILES string of the molecule is C=C(C)[C@@H]1CC[C@]2(NCCN3CCS(=O)(=O)CC3)CC[C@]3(C)[C@H](CC[C@@H]4[C@@]5(C)CC=C(C6=CCC(C(=O)OCC)C6)C(C)(C)[C@@H]5CC[C@]43C)[C@@H]12. The Hall–Kier alpha value is -1.44. The third-order valence-electron chi connectivity index (χ3n) is 17.1. The van der Waals surface area contributed by atoms with Gasteiger partial charge in [0.2, 0.25) is 0 Å². The Morgan fingerprint density at radius 3 is 2.40 bits per heavy atom. The Balaban J connectivity index is 1.12. The van der Waals surface area contributed by atoms with Crippen LogP contribution in [0.4, 0.5) is 0 Å². The third-order valence-corrected chi connectivity index (χ3v) is 18.7. The number of hydrogen-bond acceptors (Lipinski definition) is 6. The fraction of sp³-hybridized carbons (Fsp3) is 0.837. The number of ether oxygens (including phenoxy) is 1. The molecule has 1 N–H and O–H groups in total. The lowest BCUT2D eigenvalue weighted by atomic mass is 9.33. The molecule has 0 aromatic rings. The fourth-order valence-electron chi connectivity index (χ4n) is 14.4. The van der Waals surface area contributed by atoms with Crippen LogP contribution < -0.4 is 5.32 Å². The van der Waals surface area contributed by atoms with Gasteiger partial charge in [-0.3, -0.25) is 4.79 Å². The maximum atomic E-state index is 12.6. The number of carbonyl (C=O) groups is 1. The van der Waals surface area contributed by atoms with Crippen molar-refractivity contribution in [3.05, 3.63) is 35.5 Å². The van der Waals surface area contributed by atoms with Crippen molar-refractivity contribution in [2.24, 2.45) is 57.2 Å². The molecule has 0 aromatic carbocycles. The Kier molecular flexibility index (Phi) is 9.49. The summed E-state index contributed by atoms with van der Waals surface area (Å²) in [6, 6.07) is 0. The molecule has 50 heavy (non-hydrogen) atoms. The Labute approximate surface area is 304 Å². The van der Waals surface area contributed by atoms with E-state index in [1.807, 2.05) is 6.92 Å². The largest absolute Gasteiger partial charge is 0.466 e. The van der Waals surface area contributed by atoms with Gasteiger partial charge < -0.3 is 15.0 Å². The van der Waals surface area contributed by atoms with Crippen LogP contribution in [0.5, 0.6) is 0 Å². The molecule has 0 amide bonds. The summed E-state index contributed by atoms with van der Waals surface area (Å²) in [6.45, 7) is 25.7. The Bertz CT molecular complexity index is 1530. The van der Waals surface area contributed by atoms with E-state index < -0.39 is 9.84 Å². The first kappa shape index (κ1) is 36.9. The smallest absolute Gasteiger partial charge is 0.309 e. The van der Waals surface area contributed by atoms with E-state index in [9.17, 15) is 13.2 Å². The highest BCUT2D eigenvalue weighted by atomic mass is 32.2. The summed E-state index contributed by atoms with van der Waals surface area (Å²) in [5, 5.41) is 4.22. The average molecular weight is 709 g/mol. The maximum absolute atomic E-state index is 12.6. The van der Waals surface area contributed by atoms with Crippen molar-refractivity contribution in [3.8, 4) is 0 Å². The van der Waals surface area contributed by atoms with Gasteiger partial charge in [-0.25, -0.2) is 8.42 Å². The summed E-state index contributed by atoms with van der Waals surface area (Å²) >= 11 is 0. The molecule has 5 fully saturated rings. The van der Waals surface area contributed by atoms with Crippen molar-refractivity contribution in [2.75, 3.05) is 44.3 Å². The molecule has 6 aliphatic carbocycles. The summed E-state index contributed by atoms with van der Waals surface area (Å²) in [6.07, 6.45) is 18.1. The number of sulfone groups is 1. The molecule has 10 atom stereocenters. The van der Waals surface area contributed by atoms with Gasteiger partial charge in [-0.1, -0.05) is 58.9 Å². The number of carbonyl (C=O) groups excluding carboxylic acids is 1. The van der Waals surface area contributed by atoms with Crippen molar-refractivity contribution < 1.29 is 17.9 Å². The molecule has 0 radical (unpaired) electrons. The molecule has 4 saturated carbocycles. The van der Waals surface area contributed by atoms with Crippen LogP contribution in [0.1, 0.15) is 119 Å². The molecule has 1 aliphatic heterocycles. The number of esters is 1. The zero-order valence-electron chi connectivity index (χ0n) is 32.5. The summed E-state index contributed by atoms with van der Waals surface area (Å²) < 4.78 is 29.5. The van der Waals surface area contributed by atoms with E-state index in [0.717, 1.165) is 32.4 Å². The quantitative estimate of drug-likeness (QED) is 0.203. The Morgan fingerprint density at radius 1 is 0.960 bits per heavy atom. The Morgan fingerprint density at radius 2 is 1.70 bits per heavy atom. The third kappa shape index (κ3) is 5.67. The second-order valence-corrected chi connectivity index (χ2v) is 21.7. The monoisotopic (exact) mass is 708 g/mol. The highest BCUT2D eigenvalue weighted by Gasteiger charge is 2.70. The van der Waals surface area contributed by atoms with E-state index in [2.05, 4.69) is 70.5 Å². The van der Waals surface area contributed by atoms with Crippen molar-refractivity contribution >= 4 is 15.8 Å². The second kappa shape index (κ2) is 12.9. The van der Waals surface area contributed by atoms with Gasteiger partial charge >= 0.3 is 5.97 Å². The van der Waals surface area contributed by atoms with Gasteiger partial charge in [-0.05, 0) is 147 Å². The van der Waals surface area contributed by atoms with Crippen LogP contribution in [-0.4, -0.2) is 69.1 Å². The van der Waals surface area contributed by atoms with Crippen LogP contribution >= 0.6 is 0 Å². The van der Waals surface area contributed by atoms with Crippen molar-refractivity contribution in [1.82, 2.24) is 10.2 Å². The maximum Gasteiger partial charge on any atom is 0.309 e. The van der Waals surface area contributed by atoms with Crippen LogP contribution in [0.2, 0.25) is 0 Å². The molecule has 6 nitrogen and oxygen atoms in total. The summed E-state index contributed by atoms with van der Waals surface area (Å²) in [7, 11) is -2.85. The van der Waals surface area contributed by atoms with E-state index in [0.29, 0.717) is 71.6 Å². The zero-order chi connectivity index (χ0) is 35.9. The van der Waals surface area contributed by atoms with Gasteiger partial charge in [0, 0.05) is 31.7 Å². The number of nitrogens with zero attached hydrogens (tertiary/aromatic N) is 1. The van der Waals surface area contributed by atoms with Gasteiger partial charge in [0.25, 0.3) is 0 Å². The van der Waals surface area contributed by atoms with Crippen molar-refractivity contribution in [1.29, 1.82) is 0 Å². The van der Waals surface area contributed by atoms with Gasteiger partial charge in [-0.2, -0.15) is 0 Å². The molecule has 1 unspecified atom stereocenters. The second-order valence-electron chi connectivity index (χ2n) is 19.4. The predicted molar refractivity (Wildman–Crippen MR) is 203 cm³/mol. The molecule has 1 heterocycles. The lowest BCUT2D eigenvalue weighted by Gasteiger charge is -2.72. The molecule has 7 heteroatoms. The molecule has 0 bridgehead atoms. The van der Waals surface area contributed by atoms with Crippen LogP contribution in [0.15, 0.2) is 35.5 Å². The molecule has 0 spiro atoms. The topological polar surface area (TPSA) is 75.7 Å².